The molecule has 0 atom stereocenters. The van der Waals surface area contributed by atoms with Crippen molar-refractivity contribution in [3.8, 4) is 0 Å². The van der Waals surface area contributed by atoms with Gasteiger partial charge in [-0.05, 0) is 0 Å². The second-order valence-electron chi connectivity index (χ2n) is 2.18. The summed E-state index contributed by atoms with van der Waals surface area (Å²) in [5.74, 6) is -7.19. The minimum absolute atomic E-state index is 0.616. The molecule has 0 aliphatic heterocycles. The molecule has 0 spiro atoms. The fourth-order valence-corrected chi connectivity index (χ4v) is 1.20. The van der Waals surface area contributed by atoms with Crippen LogP contribution in [0.15, 0.2) is 0 Å². The second kappa shape index (κ2) is 3.72. The van der Waals surface area contributed by atoms with Gasteiger partial charge < -0.3 is 0 Å². The molecule has 0 radical (unpaired) electrons. The summed E-state index contributed by atoms with van der Waals surface area (Å²) in [5.41, 5.74) is -0.773. The normalized spacial score (nSPS) is 10.6. The van der Waals surface area contributed by atoms with Crippen molar-refractivity contribution in [2.24, 2.45) is 0 Å². The first-order chi connectivity index (χ1) is 6.00. The molecule has 6 heteroatoms. The van der Waals surface area contributed by atoms with Gasteiger partial charge in [-0.2, -0.15) is 0 Å². The van der Waals surface area contributed by atoms with Crippen LogP contribution in [0, 0.1) is 23.3 Å². The Morgan fingerprint density at radius 2 is 1.38 bits per heavy atom. The van der Waals surface area contributed by atoms with Crippen LogP contribution in [0.1, 0.15) is 5.56 Å². The van der Waals surface area contributed by atoms with Gasteiger partial charge in [-0.25, -0.2) is 17.6 Å². The van der Waals surface area contributed by atoms with Crippen LogP contribution in [0.25, 0.3) is 0 Å². The number of benzene rings is 1. The number of rotatable bonds is 1. The Bertz CT molecular complexity index is 322. The maximum absolute atomic E-state index is 12.8. The number of hydrogen-bond donors (Lipinski definition) is 0. The molecule has 0 nitrogen and oxygen atoms in total. The van der Waals surface area contributed by atoms with E-state index in [1.807, 2.05) is 0 Å². The Labute approximate surface area is 81.1 Å². The molecule has 0 saturated carbocycles. The van der Waals surface area contributed by atoms with Crippen molar-refractivity contribution >= 4 is 23.2 Å². The third-order valence-corrected chi connectivity index (χ3v) is 2.03. The zero-order valence-corrected chi connectivity index (χ0v) is 7.49. The molecule has 0 fully saturated rings. The van der Waals surface area contributed by atoms with Gasteiger partial charge in [0.15, 0.2) is 23.3 Å². The van der Waals surface area contributed by atoms with Crippen LogP contribution >= 0.6 is 23.2 Å². The second-order valence-corrected chi connectivity index (χ2v) is 2.83. The maximum Gasteiger partial charge on any atom is 0.196 e. The molecule has 1 aromatic carbocycles. The fourth-order valence-electron chi connectivity index (χ4n) is 0.768. The summed E-state index contributed by atoms with van der Waals surface area (Å²) >= 11 is 10.1. The molecule has 72 valence electrons. The van der Waals surface area contributed by atoms with Crippen molar-refractivity contribution in [2.75, 3.05) is 0 Å². The van der Waals surface area contributed by atoms with E-state index in [0.29, 0.717) is 0 Å². The van der Waals surface area contributed by atoms with Crippen LogP contribution in [0.2, 0.25) is 5.02 Å². The zero-order valence-electron chi connectivity index (χ0n) is 5.97. The smallest absolute Gasteiger partial charge is 0.196 e. The maximum atomic E-state index is 12.8. The molecule has 0 bridgehead atoms. The van der Waals surface area contributed by atoms with Gasteiger partial charge in [0.1, 0.15) is 5.02 Å². The van der Waals surface area contributed by atoms with E-state index < -0.39 is 39.7 Å². The van der Waals surface area contributed by atoms with Gasteiger partial charge in [-0.3, -0.25) is 0 Å². The van der Waals surface area contributed by atoms with E-state index in [4.69, 9.17) is 23.2 Å². The van der Waals surface area contributed by atoms with Gasteiger partial charge in [0.2, 0.25) is 0 Å². The minimum Gasteiger partial charge on any atom is -0.205 e. The van der Waals surface area contributed by atoms with E-state index in [0.717, 1.165) is 0 Å². The molecule has 13 heavy (non-hydrogen) atoms. The quantitative estimate of drug-likeness (QED) is 0.300. The summed E-state index contributed by atoms with van der Waals surface area (Å²) in [5, 5.41) is -1.09. The van der Waals surface area contributed by atoms with E-state index >= 15 is 0 Å². The third kappa shape index (κ3) is 1.60. The Morgan fingerprint density at radius 3 is 1.85 bits per heavy atom. The highest BCUT2D eigenvalue weighted by atomic mass is 35.5. The van der Waals surface area contributed by atoms with Gasteiger partial charge in [-0.1, -0.05) is 11.6 Å². The first kappa shape index (κ1) is 10.6. The molecule has 0 amide bonds. The summed E-state index contributed by atoms with van der Waals surface area (Å²) in [6.45, 7) is 0. The molecule has 0 aliphatic rings. The molecule has 0 saturated heterocycles. The van der Waals surface area contributed by atoms with Crippen LogP contribution in [0.4, 0.5) is 17.6 Å². The van der Waals surface area contributed by atoms with Crippen molar-refractivity contribution in [3.05, 3.63) is 33.9 Å². The SMILES string of the molecule is Fc1c(F)c(Cl)c(F)c(CCl)c1F. The fraction of sp³-hybridized carbons (Fsp3) is 0.143. The summed E-state index contributed by atoms with van der Waals surface area (Å²) in [6.07, 6.45) is 0. The van der Waals surface area contributed by atoms with Crippen LogP contribution < -0.4 is 0 Å². The zero-order chi connectivity index (χ0) is 10.2. The molecule has 1 aromatic rings. The molecule has 0 aromatic heterocycles. The van der Waals surface area contributed by atoms with Gasteiger partial charge in [0.25, 0.3) is 0 Å². The predicted octanol–water partition coefficient (Wildman–Crippen LogP) is 3.64. The number of alkyl halides is 1. The Balaban J connectivity index is 3.56. The van der Waals surface area contributed by atoms with Gasteiger partial charge >= 0.3 is 0 Å². The van der Waals surface area contributed by atoms with Crippen LogP contribution in [0.3, 0.4) is 0 Å². The minimum atomic E-state index is -1.82. The molecular formula is C7H2Cl2F4. The predicted molar refractivity (Wildman–Crippen MR) is 40.8 cm³/mol. The van der Waals surface area contributed by atoms with Crippen molar-refractivity contribution in [3.63, 3.8) is 0 Å². The summed E-state index contributed by atoms with van der Waals surface area (Å²) in [7, 11) is 0. The highest BCUT2D eigenvalue weighted by Gasteiger charge is 2.23. The van der Waals surface area contributed by atoms with Crippen molar-refractivity contribution < 1.29 is 17.6 Å². The Hall–Kier alpha value is -0.480. The average Bonchev–Trinajstić information content (AvgIpc) is 2.13. The van der Waals surface area contributed by atoms with Gasteiger partial charge in [0, 0.05) is 5.56 Å². The number of hydrogen-bond acceptors (Lipinski definition) is 0. The van der Waals surface area contributed by atoms with Crippen molar-refractivity contribution in [1.82, 2.24) is 0 Å². The molecule has 0 heterocycles. The Kier molecular flexibility index (Phi) is 3.03. The topological polar surface area (TPSA) is 0 Å². The van der Waals surface area contributed by atoms with Crippen LogP contribution in [-0.4, -0.2) is 0 Å². The van der Waals surface area contributed by atoms with E-state index in [9.17, 15) is 17.6 Å². The van der Waals surface area contributed by atoms with Gasteiger partial charge in [-0.15, -0.1) is 11.6 Å². The monoisotopic (exact) mass is 232 g/mol. The average molecular weight is 233 g/mol. The van der Waals surface area contributed by atoms with Crippen LogP contribution in [-0.2, 0) is 5.88 Å². The highest BCUT2D eigenvalue weighted by Crippen LogP contribution is 2.28. The summed E-state index contributed by atoms with van der Waals surface area (Å²) in [6, 6.07) is 0. The van der Waals surface area contributed by atoms with E-state index in [1.165, 1.54) is 0 Å². The van der Waals surface area contributed by atoms with Crippen molar-refractivity contribution in [1.29, 1.82) is 0 Å². The molecule has 0 aliphatic carbocycles. The lowest BCUT2D eigenvalue weighted by Crippen LogP contribution is -2.02. The standard InChI is InChI=1S/C7H2Cl2F4/c8-1-2-4(10)3(9)6(12)7(13)5(2)11/h1H2. The van der Waals surface area contributed by atoms with Gasteiger partial charge in [0.05, 0.1) is 5.88 Å². The van der Waals surface area contributed by atoms with E-state index in [2.05, 4.69) is 0 Å². The lowest BCUT2D eigenvalue weighted by atomic mass is 10.2. The van der Waals surface area contributed by atoms with Crippen LogP contribution in [0.5, 0.6) is 0 Å². The van der Waals surface area contributed by atoms with E-state index in [-0.39, 0.29) is 0 Å². The summed E-state index contributed by atoms with van der Waals surface area (Å²) < 4.78 is 50.6. The van der Waals surface area contributed by atoms with Crippen molar-refractivity contribution in [2.45, 2.75) is 5.88 Å². The highest BCUT2D eigenvalue weighted by molar-refractivity contribution is 6.31. The van der Waals surface area contributed by atoms with E-state index in [1.54, 1.807) is 0 Å². The largest absolute Gasteiger partial charge is 0.205 e. The lowest BCUT2D eigenvalue weighted by molar-refractivity contribution is 0.428. The Morgan fingerprint density at radius 1 is 0.846 bits per heavy atom. The molecule has 0 N–H and O–H groups in total. The third-order valence-electron chi connectivity index (χ3n) is 1.43. The first-order valence-electron chi connectivity index (χ1n) is 3.07. The first-order valence-corrected chi connectivity index (χ1v) is 3.98. The summed E-state index contributed by atoms with van der Waals surface area (Å²) in [4.78, 5) is 0. The molecule has 1 rings (SSSR count). The molecular weight excluding hydrogens is 231 g/mol. The lowest BCUT2D eigenvalue weighted by Gasteiger charge is -2.05. The number of halogens is 6. The molecule has 0 unspecified atom stereocenters.